The zero-order valence-corrected chi connectivity index (χ0v) is 15.2. The molecule has 0 unspecified atom stereocenters. The molecule has 1 aromatic heterocycles. The molecule has 2 fully saturated rings. The molecule has 2 aromatic rings. The largest absolute Gasteiger partial charge is 0.497 e. The molecule has 1 saturated heterocycles. The van der Waals surface area contributed by atoms with Crippen LogP contribution in [0.4, 0.5) is 0 Å². The summed E-state index contributed by atoms with van der Waals surface area (Å²) in [5, 5.41) is 9.89. The summed E-state index contributed by atoms with van der Waals surface area (Å²) in [4.78, 5) is 6.73. The fourth-order valence-electron chi connectivity index (χ4n) is 4.36. The lowest BCUT2D eigenvalue weighted by Gasteiger charge is -2.26. The van der Waals surface area contributed by atoms with Gasteiger partial charge in [-0.05, 0) is 30.5 Å². The van der Waals surface area contributed by atoms with Crippen LogP contribution < -0.4 is 9.47 Å². The Hall–Kier alpha value is -2.58. The molecule has 2 aliphatic rings. The highest BCUT2D eigenvalue weighted by atomic mass is 16.5. The fourth-order valence-corrected chi connectivity index (χ4v) is 4.36. The Morgan fingerprint density at radius 2 is 2.12 bits per heavy atom. The number of ether oxygens (including phenoxy) is 2. The Morgan fingerprint density at radius 1 is 1.27 bits per heavy atom. The minimum Gasteiger partial charge on any atom is -0.497 e. The molecular weight excluding hydrogens is 326 g/mol. The van der Waals surface area contributed by atoms with Crippen molar-refractivity contribution in [3.63, 3.8) is 0 Å². The van der Waals surface area contributed by atoms with Crippen molar-refractivity contribution in [2.45, 2.75) is 30.8 Å². The van der Waals surface area contributed by atoms with E-state index in [1.807, 2.05) is 24.4 Å². The molecule has 5 nitrogen and oxygen atoms in total. The first-order chi connectivity index (χ1) is 12.7. The highest BCUT2D eigenvalue weighted by Crippen LogP contribution is 2.58. The Kier molecular flexibility index (Phi) is 4.29. The molecule has 2 atom stereocenters. The molecule has 0 N–H and O–H groups in total. The third kappa shape index (κ3) is 2.71. The van der Waals surface area contributed by atoms with Crippen LogP contribution in [0.25, 0.3) is 0 Å². The second-order valence-electron chi connectivity index (χ2n) is 7.16. The lowest BCUT2D eigenvalue weighted by Crippen LogP contribution is -2.34. The van der Waals surface area contributed by atoms with Crippen molar-refractivity contribution in [2.24, 2.45) is 5.92 Å². The molecular formula is C21H23N3O2. The molecule has 4 rings (SSSR count). The smallest absolute Gasteiger partial charge is 0.127 e. The number of pyridine rings is 1. The topological polar surface area (TPSA) is 58.4 Å². The molecule has 5 heteroatoms. The van der Waals surface area contributed by atoms with Crippen molar-refractivity contribution in [2.75, 3.05) is 20.8 Å². The highest BCUT2D eigenvalue weighted by molar-refractivity contribution is 5.41. The molecule has 1 aliphatic carbocycles. The summed E-state index contributed by atoms with van der Waals surface area (Å²) in [5.41, 5.74) is 2.29. The first kappa shape index (κ1) is 16.9. The molecule has 26 heavy (non-hydrogen) atoms. The minimum absolute atomic E-state index is 0.000196. The quantitative estimate of drug-likeness (QED) is 0.828. The lowest BCUT2D eigenvalue weighted by atomic mass is 9.86. The number of likely N-dealkylation sites (tertiary alicyclic amines) is 1. The first-order valence-corrected chi connectivity index (χ1v) is 8.97. The molecule has 0 amide bonds. The molecule has 1 aliphatic heterocycles. The van der Waals surface area contributed by atoms with E-state index >= 15 is 0 Å². The van der Waals surface area contributed by atoms with Gasteiger partial charge >= 0.3 is 0 Å². The van der Waals surface area contributed by atoms with Gasteiger partial charge in [-0.3, -0.25) is 9.88 Å². The van der Waals surface area contributed by atoms with Gasteiger partial charge in [-0.2, -0.15) is 5.26 Å². The Bertz CT molecular complexity index is 827. The summed E-state index contributed by atoms with van der Waals surface area (Å²) >= 11 is 0. The first-order valence-electron chi connectivity index (χ1n) is 8.97. The lowest BCUT2D eigenvalue weighted by molar-refractivity contribution is 0.208. The van der Waals surface area contributed by atoms with Gasteiger partial charge in [0.25, 0.3) is 0 Å². The number of aromatic nitrogens is 1. The number of rotatable bonds is 5. The third-order valence-electron chi connectivity index (χ3n) is 5.90. The summed E-state index contributed by atoms with van der Waals surface area (Å²) in [6.07, 6.45) is 5.86. The standard InChI is InChI=1S/C21H23N3O2/c1-25-17-6-5-16(20(10-17)26-2)13-24-14-18(15-4-3-9-23-12-15)19(11-22)21(24)7-8-21/h3-6,9-10,12,18-19H,7-8,13-14H2,1-2H3/t18-,19+/m0/s1. The van der Waals surface area contributed by atoms with Crippen molar-refractivity contribution in [1.29, 1.82) is 5.26 Å². The van der Waals surface area contributed by atoms with Gasteiger partial charge in [0.15, 0.2) is 0 Å². The van der Waals surface area contributed by atoms with Crippen LogP contribution in [0.5, 0.6) is 11.5 Å². The molecule has 1 saturated carbocycles. The summed E-state index contributed by atoms with van der Waals surface area (Å²) in [6, 6.07) is 12.6. The SMILES string of the molecule is COc1ccc(CN2C[C@@H](c3cccnc3)[C@@H](C#N)C23CC3)c(OC)c1. The molecule has 2 heterocycles. The van der Waals surface area contributed by atoms with Crippen LogP contribution in [0.2, 0.25) is 0 Å². The van der Waals surface area contributed by atoms with Crippen LogP contribution in [0.3, 0.4) is 0 Å². The van der Waals surface area contributed by atoms with Gasteiger partial charge < -0.3 is 9.47 Å². The van der Waals surface area contributed by atoms with E-state index in [1.165, 1.54) is 0 Å². The summed E-state index contributed by atoms with van der Waals surface area (Å²) in [5.74, 6) is 1.84. The molecule has 0 radical (unpaired) electrons. The van der Waals surface area contributed by atoms with Crippen LogP contribution in [0.15, 0.2) is 42.7 Å². The Morgan fingerprint density at radius 3 is 2.73 bits per heavy atom. The van der Waals surface area contributed by atoms with Gasteiger partial charge in [0.2, 0.25) is 0 Å². The van der Waals surface area contributed by atoms with Gasteiger partial charge in [-0.1, -0.05) is 12.1 Å². The van der Waals surface area contributed by atoms with E-state index in [1.54, 1.807) is 20.4 Å². The maximum atomic E-state index is 9.89. The van der Waals surface area contributed by atoms with Crippen molar-refractivity contribution in [3.8, 4) is 17.6 Å². The molecule has 134 valence electrons. The number of hydrogen-bond acceptors (Lipinski definition) is 5. The summed E-state index contributed by atoms with van der Waals surface area (Å²) < 4.78 is 10.9. The second-order valence-corrected chi connectivity index (χ2v) is 7.16. The minimum atomic E-state index is 0.000196. The van der Waals surface area contributed by atoms with Crippen LogP contribution in [0.1, 0.15) is 29.9 Å². The monoisotopic (exact) mass is 349 g/mol. The number of nitrogens with zero attached hydrogens (tertiary/aromatic N) is 3. The highest BCUT2D eigenvalue weighted by Gasteiger charge is 2.61. The van der Waals surface area contributed by atoms with E-state index < -0.39 is 0 Å². The fraction of sp³-hybridized carbons (Fsp3) is 0.429. The predicted molar refractivity (Wildman–Crippen MR) is 98.0 cm³/mol. The second kappa shape index (κ2) is 6.62. The average Bonchev–Trinajstić information content (AvgIpc) is 3.42. The zero-order chi connectivity index (χ0) is 18.1. The predicted octanol–water partition coefficient (Wildman–Crippen LogP) is 3.37. The van der Waals surface area contributed by atoms with E-state index in [-0.39, 0.29) is 17.4 Å². The van der Waals surface area contributed by atoms with Crippen LogP contribution in [-0.2, 0) is 6.54 Å². The van der Waals surface area contributed by atoms with Crippen LogP contribution in [-0.4, -0.2) is 36.2 Å². The van der Waals surface area contributed by atoms with Crippen molar-refractivity contribution in [3.05, 3.63) is 53.9 Å². The van der Waals surface area contributed by atoms with Crippen LogP contribution >= 0.6 is 0 Å². The molecule has 1 aromatic carbocycles. The number of nitriles is 1. The van der Waals surface area contributed by atoms with Crippen molar-refractivity contribution >= 4 is 0 Å². The van der Waals surface area contributed by atoms with Gasteiger partial charge in [-0.25, -0.2) is 0 Å². The number of hydrogen-bond donors (Lipinski definition) is 0. The van der Waals surface area contributed by atoms with Gasteiger partial charge in [0.05, 0.1) is 26.2 Å². The van der Waals surface area contributed by atoms with Gasteiger partial charge in [0.1, 0.15) is 11.5 Å². The van der Waals surface area contributed by atoms with Crippen LogP contribution in [0, 0.1) is 17.2 Å². The van der Waals surface area contributed by atoms with Gasteiger partial charge in [0, 0.05) is 48.6 Å². The van der Waals surface area contributed by atoms with E-state index in [2.05, 4.69) is 28.1 Å². The van der Waals surface area contributed by atoms with Crippen molar-refractivity contribution in [1.82, 2.24) is 9.88 Å². The summed E-state index contributed by atoms with van der Waals surface area (Å²) in [7, 11) is 3.34. The number of benzene rings is 1. The van der Waals surface area contributed by atoms with E-state index in [0.717, 1.165) is 48.6 Å². The van der Waals surface area contributed by atoms with E-state index in [9.17, 15) is 5.26 Å². The van der Waals surface area contributed by atoms with E-state index in [0.29, 0.717) is 0 Å². The maximum Gasteiger partial charge on any atom is 0.127 e. The van der Waals surface area contributed by atoms with Crippen molar-refractivity contribution < 1.29 is 9.47 Å². The average molecular weight is 349 g/mol. The third-order valence-corrected chi connectivity index (χ3v) is 5.90. The molecule has 0 bridgehead atoms. The Labute approximate surface area is 154 Å². The molecule has 1 spiro atoms. The number of methoxy groups -OCH3 is 2. The Balaban J connectivity index is 1.63. The van der Waals surface area contributed by atoms with Gasteiger partial charge in [-0.15, -0.1) is 0 Å². The maximum absolute atomic E-state index is 9.89. The zero-order valence-electron chi connectivity index (χ0n) is 15.2. The summed E-state index contributed by atoms with van der Waals surface area (Å²) in [6.45, 7) is 1.65. The van der Waals surface area contributed by atoms with E-state index in [4.69, 9.17) is 9.47 Å². The normalized spacial score (nSPS) is 23.6.